The molecule has 0 unspecified atom stereocenters. The maximum atomic E-state index is 11.1. The Hall–Kier alpha value is -0.580. The Morgan fingerprint density at radius 2 is 1.93 bits per heavy atom. The van der Waals surface area contributed by atoms with E-state index >= 15 is 0 Å². The summed E-state index contributed by atoms with van der Waals surface area (Å²) in [5, 5.41) is 9.18. The zero-order valence-electron chi connectivity index (χ0n) is 9.69. The average molecular weight is 222 g/mol. The maximum absolute atomic E-state index is 11.1. The molecule has 72 valence electrons. The van der Waals surface area contributed by atoms with Gasteiger partial charge < -0.3 is 12.7 Å². The van der Waals surface area contributed by atoms with Crippen LogP contribution in [0.1, 0.15) is 20.1 Å². The number of phenolic OH excluding ortho intramolecular Hbond substituents is 1. The molecule has 0 fully saturated rings. The number of carbonyl (C=O) groups is 2. The molecule has 0 aliphatic carbocycles. The van der Waals surface area contributed by atoms with Crippen LogP contribution >= 0.6 is 0 Å². The van der Waals surface area contributed by atoms with Crippen molar-refractivity contribution < 1.29 is 22.3 Å². The third-order valence-electron chi connectivity index (χ3n) is 1.36. The van der Waals surface area contributed by atoms with Crippen molar-refractivity contribution >= 4 is 49.7 Å². The summed E-state index contributed by atoms with van der Waals surface area (Å²) in [5.41, 5.74) is -0.0160. The van der Waals surface area contributed by atoms with Crippen molar-refractivity contribution in [3.63, 3.8) is 0 Å². The zero-order chi connectivity index (χ0) is 9.84. The number of carbonyl (C=O) groups excluding carboxylic acids is 2. The molecule has 5 heteroatoms. The molecular weight excluding hydrogens is 212 g/mol. The first-order chi connectivity index (χ1) is 6.11. The quantitative estimate of drug-likeness (QED) is 0.436. The van der Waals surface area contributed by atoms with Gasteiger partial charge in [-0.1, -0.05) is 12.1 Å². The van der Waals surface area contributed by atoms with Gasteiger partial charge in [0.2, 0.25) is 0 Å². The summed E-state index contributed by atoms with van der Waals surface area (Å²) in [4.78, 5) is 21.5. The molecule has 0 spiro atoms. The van der Waals surface area contributed by atoms with Crippen molar-refractivity contribution in [3.8, 4) is 5.75 Å². The minimum Gasteiger partial charge on any atom is -1.00 e. The molecule has 0 heterocycles. The molecular formula is C9H10CaO4. The number of para-hydroxylation sites is 1. The van der Waals surface area contributed by atoms with Crippen LogP contribution in [0.15, 0.2) is 24.3 Å². The van der Waals surface area contributed by atoms with Gasteiger partial charge in [0.15, 0.2) is 0 Å². The van der Waals surface area contributed by atoms with Gasteiger partial charge in [-0.15, -0.1) is 0 Å². The van der Waals surface area contributed by atoms with E-state index in [1.807, 2.05) is 0 Å². The predicted molar refractivity (Wildman–Crippen MR) is 52.2 cm³/mol. The van der Waals surface area contributed by atoms with Gasteiger partial charge in [0.05, 0.1) is 0 Å². The van der Waals surface area contributed by atoms with Crippen LogP contribution in [-0.4, -0.2) is 54.8 Å². The van der Waals surface area contributed by atoms with Crippen LogP contribution < -0.4 is 0 Å². The second-order valence-electron chi connectivity index (χ2n) is 2.40. The monoisotopic (exact) mass is 222 g/mol. The fourth-order valence-corrected chi connectivity index (χ4v) is 0.832. The normalized spacial score (nSPS) is 8.64. The van der Waals surface area contributed by atoms with Gasteiger partial charge in [-0.05, 0) is 12.1 Å². The number of phenols is 1. The maximum Gasteiger partial charge on any atom is 2.00 e. The van der Waals surface area contributed by atoms with E-state index < -0.39 is 11.9 Å². The van der Waals surface area contributed by atoms with Crippen molar-refractivity contribution in [1.29, 1.82) is 0 Å². The summed E-state index contributed by atoms with van der Waals surface area (Å²) in [7, 11) is 0. The van der Waals surface area contributed by atoms with Gasteiger partial charge in [0.1, 0.15) is 11.3 Å². The number of hydrogen-bond donors (Lipinski definition) is 1. The summed E-state index contributed by atoms with van der Waals surface area (Å²) in [6.07, 6.45) is 0. The van der Waals surface area contributed by atoms with Crippen LogP contribution in [0.3, 0.4) is 0 Å². The Labute approximate surface area is 114 Å². The molecule has 4 nitrogen and oxygen atoms in total. The van der Waals surface area contributed by atoms with E-state index in [0.29, 0.717) is 0 Å². The summed E-state index contributed by atoms with van der Waals surface area (Å²) in [6.45, 7) is 1.12. The number of esters is 2. The molecule has 0 amide bonds. The van der Waals surface area contributed by atoms with Crippen LogP contribution in [0, 0.1) is 0 Å². The molecule has 0 saturated heterocycles. The first kappa shape index (κ1) is 13.4. The van der Waals surface area contributed by atoms with Crippen molar-refractivity contribution in [2.45, 2.75) is 6.92 Å². The van der Waals surface area contributed by atoms with Gasteiger partial charge in [0.25, 0.3) is 0 Å². The molecule has 0 atom stereocenters. The molecule has 0 aliphatic rings. The van der Waals surface area contributed by atoms with Crippen molar-refractivity contribution in [3.05, 3.63) is 29.8 Å². The van der Waals surface area contributed by atoms with Crippen molar-refractivity contribution in [2.75, 3.05) is 0 Å². The third-order valence-corrected chi connectivity index (χ3v) is 1.36. The molecule has 0 aromatic heterocycles. The topological polar surface area (TPSA) is 63.6 Å². The van der Waals surface area contributed by atoms with Crippen LogP contribution in [0.4, 0.5) is 0 Å². The number of hydrogen-bond acceptors (Lipinski definition) is 4. The molecule has 1 N–H and O–H groups in total. The van der Waals surface area contributed by atoms with E-state index in [4.69, 9.17) is 0 Å². The van der Waals surface area contributed by atoms with Gasteiger partial charge in [0, 0.05) is 6.92 Å². The van der Waals surface area contributed by atoms with Crippen LogP contribution in [0.25, 0.3) is 0 Å². The Kier molecular flexibility index (Phi) is 5.76. The Balaban J connectivity index is -0.000000563. The van der Waals surface area contributed by atoms with Gasteiger partial charge in [-0.25, -0.2) is 4.79 Å². The minimum atomic E-state index is -0.842. The van der Waals surface area contributed by atoms with E-state index in [1.54, 1.807) is 12.1 Å². The van der Waals surface area contributed by atoms with E-state index in [2.05, 4.69) is 4.74 Å². The van der Waals surface area contributed by atoms with Gasteiger partial charge >= 0.3 is 49.7 Å². The number of ether oxygens (including phenoxy) is 1. The summed E-state index contributed by atoms with van der Waals surface area (Å²) in [5.74, 6) is -1.74. The number of rotatable bonds is 1. The molecule has 0 radical (unpaired) electrons. The molecule has 1 aromatic rings. The number of aromatic hydroxyl groups is 1. The van der Waals surface area contributed by atoms with Crippen LogP contribution in [0.2, 0.25) is 0 Å². The van der Waals surface area contributed by atoms with Crippen molar-refractivity contribution in [1.82, 2.24) is 0 Å². The largest absolute Gasteiger partial charge is 2.00 e. The Bertz CT molecular complexity index is 357. The predicted octanol–water partition coefficient (Wildman–Crippen LogP) is 0.940. The number of benzene rings is 1. The molecule has 0 saturated carbocycles. The molecule has 0 bridgehead atoms. The van der Waals surface area contributed by atoms with E-state index in [1.165, 1.54) is 12.1 Å². The zero-order valence-corrected chi connectivity index (χ0v) is 9.90. The summed E-state index contributed by atoms with van der Waals surface area (Å²) in [6, 6.07) is 5.85. The second kappa shape index (κ2) is 6.01. The fourth-order valence-electron chi connectivity index (χ4n) is 0.832. The Morgan fingerprint density at radius 1 is 1.36 bits per heavy atom. The smallest absolute Gasteiger partial charge is 1.00 e. The first-order valence-electron chi connectivity index (χ1n) is 3.62. The van der Waals surface area contributed by atoms with E-state index in [9.17, 15) is 14.7 Å². The Morgan fingerprint density at radius 3 is 2.43 bits per heavy atom. The summed E-state index contributed by atoms with van der Waals surface area (Å²) < 4.78 is 4.28. The SMILES string of the molecule is CC(=O)OC(=O)c1ccccc1O.[Ca+2].[H-].[H-]. The molecule has 1 aromatic carbocycles. The summed E-state index contributed by atoms with van der Waals surface area (Å²) >= 11 is 0. The first-order valence-corrected chi connectivity index (χ1v) is 3.62. The average Bonchev–Trinajstić information content (AvgIpc) is 2.03. The van der Waals surface area contributed by atoms with Crippen LogP contribution in [0.5, 0.6) is 5.75 Å². The standard InChI is InChI=1S/C9H8O4.Ca.2H/c1-6(10)13-9(12)7-4-2-3-5-8(7)11;;;/h2-5,11H,1H3;;;/q;+2;2*-1. The molecule has 14 heavy (non-hydrogen) atoms. The van der Waals surface area contributed by atoms with E-state index in [-0.39, 0.29) is 51.9 Å². The van der Waals surface area contributed by atoms with Gasteiger partial charge in [-0.2, -0.15) is 0 Å². The van der Waals surface area contributed by atoms with Gasteiger partial charge in [-0.3, -0.25) is 4.79 Å². The van der Waals surface area contributed by atoms with Crippen LogP contribution in [-0.2, 0) is 9.53 Å². The molecule has 1 rings (SSSR count). The fraction of sp³-hybridized carbons (Fsp3) is 0.111. The van der Waals surface area contributed by atoms with E-state index in [0.717, 1.165) is 6.92 Å². The minimum absolute atomic E-state index is 0. The third kappa shape index (κ3) is 3.65. The van der Waals surface area contributed by atoms with Crippen molar-refractivity contribution in [2.24, 2.45) is 0 Å². The second-order valence-corrected chi connectivity index (χ2v) is 2.40. The molecule has 0 aliphatic heterocycles.